The van der Waals surface area contributed by atoms with E-state index in [1.165, 1.54) is 18.6 Å². The Labute approximate surface area is 120 Å². The van der Waals surface area contributed by atoms with Gasteiger partial charge in [0.1, 0.15) is 5.76 Å². The molecule has 0 aliphatic carbocycles. The minimum absolute atomic E-state index is 0.0380. The van der Waals surface area contributed by atoms with E-state index in [-0.39, 0.29) is 5.41 Å². The van der Waals surface area contributed by atoms with E-state index in [0.717, 1.165) is 30.8 Å². The Hall–Kier alpha value is -0.480. The van der Waals surface area contributed by atoms with E-state index in [1.54, 1.807) is 0 Å². The van der Waals surface area contributed by atoms with E-state index in [0.29, 0.717) is 5.25 Å². The summed E-state index contributed by atoms with van der Waals surface area (Å²) in [6.45, 7) is 10.5. The third kappa shape index (κ3) is 4.25. The third-order valence-electron chi connectivity index (χ3n) is 3.53. The third-order valence-corrected chi connectivity index (χ3v) is 4.90. The van der Waals surface area contributed by atoms with Crippen LogP contribution in [-0.2, 0) is 10.2 Å². The molecule has 0 radical (unpaired) electrons. The van der Waals surface area contributed by atoms with Crippen LogP contribution < -0.4 is 0 Å². The summed E-state index contributed by atoms with van der Waals surface area (Å²) in [5, 5.41) is 0.332. The Morgan fingerprint density at radius 1 is 1.37 bits per heavy atom. The fourth-order valence-electron chi connectivity index (χ4n) is 2.09. The molecule has 1 saturated heterocycles. The lowest BCUT2D eigenvalue weighted by Gasteiger charge is -2.22. The van der Waals surface area contributed by atoms with Gasteiger partial charge in [-0.05, 0) is 31.4 Å². The molecule has 19 heavy (non-hydrogen) atoms. The molecule has 108 valence electrons. The summed E-state index contributed by atoms with van der Waals surface area (Å²) in [7, 11) is 0. The number of ether oxygens (including phenoxy) is 1. The van der Waals surface area contributed by atoms with Crippen molar-refractivity contribution in [3.63, 3.8) is 0 Å². The molecule has 0 bridgehead atoms. The van der Waals surface area contributed by atoms with E-state index in [1.807, 2.05) is 18.0 Å². The van der Waals surface area contributed by atoms with Gasteiger partial charge in [-0.15, -0.1) is 11.8 Å². The van der Waals surface area contributed by atoms with E-state index >= 15 is 0 Å². The van der Waals surface area contributed by atoms with Gasteiger partial charge in [0.05, 0.1) is 11.4 Å². The maximum atomic E-state index is 5.89. The first-order chi connectivity index (χ1) is 8.97. The predicted molar refractivity (Wildman–Crippen MR) is 79.6 cm³/mol. The molecule has 1 atom stereocenters. The highest BCUT2D eigenvalue weighted by Crippen LogP contribution is 2.33. The average Bonchev–Trinajstić information content (AvgIpc) is 2.87. The minimum atomic E-state index is 0.0380. The molecule has 1 aliphatic rings. The van der Waals surface area contributed by atoms with Crippen molar-refractivity contribution in [3.05, 3.63) is 17.8 Å². The SMILES string of the molecule is C[C@@H](SCC1CCOCC1)c1ncc(C(C)(C)C)o1. The van der Waals surface area contributed by atoms with Crippen LogP contribution in [0.3, 0.4) is 0 Å². The first-order valence-electron chi connectivity index (χ1n) is 7.12. The number of hydrogen-bond acceptors (Lipinski definition) is 4. The van der Waals surface area contributed by atoms with Crippen molar-refractivity contribution < 1.29 is 9.15 Å². The molecule has 1 aromatic heterocycles. The molecule has 0 aromatic carbocycles. The Kier molecular flexibility index (Phi) is 4.96. The van der Waals surface area contributed by atoms with Crippen molar-refractivity contribution in [1.29, 1.82) is 0 Å². The second-order valence-electron chi connectivity index (χ2n) is 6.34. The Balaban J connectivity index is 1.85. The molecule has 0 amide bonds. The Bertz CT molecular complexity index is 391. The standard InChI is InChI=1S/C15H25NO2S/c1-11(19-10-12-5-7-17-8-6-12)14-16-9-13(18-14)15(2,3)4/h9,11-12H,5-8,10H2,1-4H3/t11-/m1/s1. The molecule has 3 nitrogen and oxygen atoms in total. The van der Waals surface area contributed by atoms with Gasteiger partial charge >= 0.3 is 0 Å². The highest BCUT2D eigenvalue weighted by atomic mass is 32.2. The topological polar surface area (TPSA) is 35.3 Å². The van der Waals surface area contributed by atoms with Gasteiger partial charge in [-0.2, -0.15) is 0 Å². The van der Waals surface area contributed by atoms with Gasteiger partial charge in [0.25, 0.3) is 0 Å². The van der Waals surface area contributed by atoms with Crippen LogP contribution in [0.5, 0.6) is 0 Å². The lowest BCUT2D eigenvalue weighted by molar-refractivity contribution is 0.0727. The highest BCUT2D eigenvalue weighted by molar-refractivity contribution is 7.99. The summed E-state index contributed by atoms with van der Waals surface area (Å²) in [4.78, 5) is 4.43. The molecular weight excluding hydrogens is 258 g/mol. The summed E-state index contributed by atoms with van der Waals surface area (Å²) in [5.74, 6) is 3.80. The number of rotatable bonds is 4. The van der Waals surface area contributed by atoms with Crippen molar-refractivity contribution in [3.8, 4) is 0 Å². The average molecular weight is 283 g/mol. The molecular formula is C15H25NO2S. The van der Waals surface area contributed by atoms with E-state index in [4.69, 9.17) is 9.15 Å². The first kappa shape index (κ1) is 14.9. The summed E-state index contributed by atoms with van der Waals surface area (Å²) >= 11 is 1.95. The van der Waals surface area contributed by atoms with Crippen molar-refractivity contribution in [1.82, 2.24) is 4.98 Å². The monoisotopic (exact) mass is 283 g/mol. The van der Waals surface area contributed by atoms with Crippen LogP contribution in [0.2, 0.25) is 0 Å². The van der Waals surface area contributed by atoms with E-state index in [2.05, 4.69) is 32.7 Å². The number of thioether (sulfide) groups is 1. The lowest BCUT2D eigenvalue weighted by atomic mass is 9.94. The molecule has 1 aliphatic heterocycles. The molecule has 1 aromatic rings. The zero-order valence-electron chi connectivity index (χ0n) is 12.4. The van der Waals surface area contributed by atoms with Gasteiger partial charge in [0.2, 0.25) is 5.89 Å². The maximum absolute atomic E-state index is 5.89. The van der Waals surface area contributed by atoms with Gasteiger partial charge in [0, 0.05) is 18.6 Å². The molecule has 2 rings (SSSR count). The zero-order valence-corrected chi connectivity index (χ0v) is 13.3. The van der Waals surface area contributed by atoms with Crippen molar-refractivity contribution >= 4 is 11.8 Å². The number of aromatic nitrogens is 1. The summed E-state index contributed by atoms with van der Waals surface area (Å²) < 4.78 is 11.3. The van der Waals surface area contributed by atoms with Gasteiger partial charge in [-0.1, -0.05) is 20.8 Å². The zero-order chi connectivity index (χ0) is 13.9. The van der Waals surface area contributed by atoms with Crippen molar-refractivity contribution in [2.45, 2.75) is 51.2 Å². The van der Waals surface area contributed by atoms with Crippen LogP contribution in [0.1, 0.15) is 57.4 Å². The van der Waals surface area contributed by atoms with Crippen molar-refractivity contribution in [2.24, 2.45) is 5.92 Å². The van der Waals surface area contributed by atoms with Crippen LogP contribution in [0, 0.1) is 5.92 Å². The molecule has 2 heterocycles. The maximum Gasteiger partial charge on any atom is 0.207 e. The normalized spacial score (nSPS) is 19.6. The molecule has 0 N–H and O–H groups in total. The number of hydrogen-bond donors (Lipinski definition) is 0. The second kappa shape index (κ2) is 6.31. The number of nitrogens with zero attached hydrogens (tertiary/aromatic N) is 1. The largest absolute Gasteiger partial charge is 0.444 e. The van der Waals surface area contributed by atoms with Crippen LogP contribution in [0.4, 0.5) is 0 Å². The van der Waals surface area contributed by atoms with E-state index < -0.39 is 0 Å². The van der Waals surface area contributed by atoms with Crippen LogP contribution >= 0.6 is 11.8 Å². The predicted octanol–water partition coefficient (Wildman–Crippen LogP) is 4.19. The van der Waals surface area contributed by atoms with Crippen molar-refractivity contribution in [2.75, 3.05) is 19.0 Å². The molecule has 4 heteroatoms. The molecule has 0 spiro atoms. The smallest absolute Gasteiger partial charge is 0.207 e. The number of oxazole rings is 1. The van der Waals surface area contributed by atoms with Gasteiger partial charge < -0.3 is 9.15 Å². The molecule has 0 unspecified atom stereocenters. The van der Waals surface area contributed by atoms with Crippen LogP contribution in [-0.4, -0.2) is 24.0 Å². The van der Waals surface area contributed by atoms with Gasteiger partial charge in [-0.3, -0.25) is 0 Å². The van der Waals surface area contributed by atoms with Gasteiger partial charge in [-0.25, -0.2) is 4.98 Å². The van der Waals surface area contributed by atoms with Crippen LogP contribution in [0.25, 0.3) is 0 Å². The fourth-order valence-corrected chi connectivity index (χ4v) is 3.23. The highest BCUT2D eigenvalue weighted by Gasteiger charge is 2.22. The molecule has 0 saturated carbocycles. The van der Waals surface area contributed by atoms with Crippen LogP contribution in [0.15, 0.2) is 10.6 Å². The Morgan fingerprint density at radius 3 is 2.63 bits per heavy atom. The van der Waals surface area contributed by atoms with Gasteiger partial charge in [0.15, 0.2) is 0 Å². The summed E-state index contributed by atoms with van der Waals surface area (Å²) in [6.07, 6.45) is 4.26. The minimum Gasteiger partial charge on any atom is -0.444 e. The quantitative estimate of drug-likeness (QED) is 0.830. The first-order valence-corrected chi connectivity index (χ1v) is 8.17. The lowest BCUT2D eigenvalue weighted by Crippen LogP contribution is -2.17. The fraction of sp³-hybridized carbons (Fsp3) is 0.800. The summed E-state index contributed by atoms with van der Waals surface area (Å²) in [6, 6.07) is 0. The Morgan fingerprint density at radius 2 is 2.05 bits per heavy atom. The van der Waals surface area contributed by atoms with E-state index in [9.17, 15) is 0 Å². The summed E-state index contributed by atoms with van der Waals surface area (Å²) in [5.41, 5.74) is 0.0380. The molecule has 1 fully saturated rings. The second-order valence-corrected chi connectivity index (χ2v) is 7.72.